The van der Waals surface area contributed by atoms with Crippen LogP contribution in [-0.2, 0) is 12.6 Å². The van der Waals surface area contributed by atoms with Gasteiger partial charge in [0.25, 0.3) is 5.91 Å². The van der Waals surface area contributed by atoms with Crippen molar-refractivity contribution in [3.63, 3.8) is 0 Å². The van der Waals surface area contributed by atoms with E-state index in [-0.39, 0.29) is 17.4 Å². The molecule has 0 fully saturated rings. The molecule has 3 aromatic rings. The van der Waals surface area contributed by atoms with Crippen LogP contribution in [0.1, 0.15) is 28.4 Å². The number of alkyl halides is 3. The first kappa shape index (κ1) is 19.3. The number of amides is 1. The van der Waals surface area contributed by atoms with Crippen LogP contribution in [0, 0.1) is 5.82 Å². The van der Waals surface area contributed by atoms with Crippen molar-refractivity contribution in [3.8, 4) is 5.69 Å². The number of carbonyl (C=O) groups excluding carboxylic acids is 1. The van der Waals surface area contributed by atoms with E-state index in [1.807, 2.05) is 19.1 Å². The van der Waals surface area contributed by atoms with Crippen molar-refractivity contribution in [3.05, 3.63) is 65.2 Å². The van der Waals surface area contributed by atoms with E-state index in [9.17, 15) is 22.4 Å². The number of aromatic nitrogens is 3. The Morgan fingerprint density at radius 2 is 1.96 bits per heavy atom. The van der Waals surface area contributed by atoms with Crippen LogP contribution in [0.5, 0.6) is 0 Å². The molecule has 0 spiro atoms. The molecular weight excluding hydrogens is 378 g/mol. The molecule has 146 valence electrons. The van der Waals surface area contributed by atoms with Crippen LogP contribution in [0.15, 0.2) is 42.7 Å². The number of aryl methyl sites for hydroxylation is 1. The van der Waals surface area contributed by atoms with Gasteiger partial charge in [0, 0.05) is 6.20 Å². The lowest BCUT2D eigenvalue weighted by Gasteiger charge is -2.10. The second kappa shape index (κ2) is 7.29. The number of para-hydroxylation sites is 1. The predicted molar refractivity (Wildman–Crippen MR) is 94.5 cm³/mol. The molecule has 0 radical (unpaired) electrons. The molecule has 2 aromatic heterocycles. The average Bonchev–Trinajstić information content (AvgIpc) is 3.03. The van der Waals surface area contributed by atoms with Gasteiger partial charge in [-0.15, -0.1) is 0 Å². The Labute approximate surface area is 157 Å². The van der Waals surface area contributed by atoms with Crippen molar-refractivity contribution in [2.75, 3.05) is 11.1 Å². The SMILES string of the molecule is CCc1ccccc1-n1ncc(C(=O)Nc2ncc(C(F)(F)F)cc2F)c1N. The summed E-state index contributed by atoms with van der Waals surface area (Å²) in [7, 11) is 0. The maximum absolute atomic E-state index is 13.9. The van der Waals surface area contributed by atoms with E-state index in [0.717, 1.165) is 5.56 Å². The van der Waals surface area contributed by atoms with Crippen molar-refractivity contribution in [2.45, 2.75) is 19.5 Å². The minimum Gasteiger partial charge on any atom is -0.383 e. The molecule has 10 heteroatoms. The molecule has 3 N–H and O–H groups in total. The second-order valence-electron chi connectivity index (χ2n) is 5.84. The molecule has 0 saturated carbocycles. The smallest absolute Gasteiger partial charge is 0.383 e. The third-order valence-electron chi connectivity index (χ3n) is 4.05. The van der Waals surface area contributed by atoms with Gasteiger partial charge in [-0.1, -0.05) is 25.1 Å². The zero-order valence-corrected chi connectivity index (χ0v) is 14.6. The Balaban J connectivity index is 1.88. The lowest BCUT2D eigenvalue weighted by atomic mass is 10.1. The third-order valence-corrected chi connectivity index (χ3v) is 4.05. The molecule has 0 unspecified atom stereocenters. The minimum absolute atomic E-state index is 0.00530. The van der Waals surface area contributed by atoms with Crippen LogP contribution in [-0.4, -0.2) is 20.7 Å². The van der Waals surface area contributed by atoms with Crippen molar-refractivity contribution in [1.29, 1.82) is 0 Å². The van der Waals surface area contributed by atoms with Gasteiger partial charge in [-0.25, -0.2) is 14.1 Å². The summed E-state index contributed by atoms with van der Waals surface area (Å²) in [4.78, 5) is 15.7. The molecule has 28 heavy (non-hydrogen) atoms. The molecule has 2 heterocycles. The van der Waals surface area contributed by atoms with E-state index in [0.29, 0.717) is 18.3 Å². The molecule has 0 aliphatic carbocycles. The number of nitrogens with zero attached hydrogens (tertiary/aromatic N) is 3. The number of halogens is 4. The number of nitrogens with one attached hydrogen (secondary N) is 1. The molecular formula is C18H15F4N5O. The number of nitrogens with two attached hydrogens (primary N) is 1. The van der Waals surface area contributed by atoms with Gasteiger partial charge >= 0.3 is 6.18 Å². The topological polar surface area (TPSA) is 85.8 Å². The van der Waals surface area contributed by atoms with Gasteiger partial charge in [0.2, 0.25) is 0 Å². The summed E-state index contributed by atoms with van der Waals surface area (Å²) in [5.74, 6) is -2.79. The summed E-state index contributed by atoms with van der Waals surface area (Å²) >= 11 is 0. The van der Waals surface area contributed by atoms with E-state index >= 15 is 0 Å². The summed E-state index contributed by atoms with van der Waals surface area (Å²) in [6.07, 6.45) is -2.41. The molecule has 1 aromatic carbocycles. The average molecular weight is 393 g/mol. The first-order valence-electron chi connectivity index (χ1n) is 8.18. The minimum atomic E-state index is -4.74. The van der Waals surface area contributed by atoms with Crippen LogP contribution in [0.3, 0.4) is 0 Å². The van der Waals surface area contributed by atoms with Crippen LogP contribution >= 0.6 is 0 Å². The van der Waals surface area contributed by atoms with E-state index in [1.54, 1.807) is 12.1 Å². The number of hydrogen-bond acceptors (Lipinski definition) is 4. The fourth-order valence-corrected chi connectivity index (χ4v) is 2.60. The zero-order valence-electron chi connectivity index (χ0n) is 14.6. The highest BCUT2D eigenvalue weighted by Gasteiger charge is 2.32. The van der Waals surface area contributed by atoms with Crippen molar-refractivity contribution >= 4 is 17.5 Å². The van der Waals surface area contributed by atoms with Crippen molar-refractivity contribution in [1.82, 2.24) is 14.8 Å². The molecule has 6 nitrogen and oxygen atoms in total. The van der Waals surface area contributed by atoms with Crippen molar-refractivity contribution in [2.24, 2.45) is 0 Å². The summed E-state index contributed by atoms with van der Waals surface area (Å²) < 4.78 is 53.0. The second-order valence-corrected chi connectivity index (χ2v) is 5.84. The maximum atomic E-state index is 13.9. The zero-order chi connectivity index (χ0) is 20.5. The molecule has 0 atom stereocenters. The number of pyridine rings is 1. The fourth-order valence-electron chi connectivity index (χ4n) is 2.60. The Kier molecular flexibility index (Phi) is 5.04. The van der Waals surface area contributed by atoms with Crippen molar-refractivity contribution < 1.29 is 22.4 Å². The normalized spacial score (nSPS) is 11.5. The van der Waals surface area contributed by atoms with Gasteiger partial charge in [-0.05, 0) is 24.1 Å². The van der Waals surface area contributed by atoms with E-state index in [4.69, 9.17) is 5.73 Å². The van der Waals surface area contributed by atoms with Gasteiger partial charge in [-0.2, -0.15) is 18.3 Å². The monoisotopic (exact) mass is 393 g/mol. The van der Waals surface area contributed by atoms with Crippen LogP contribution in [0.25, 0.3) is 5.69 Å². The van der Waals surface area contributed by atoms with Gasteiger partial charge < -0.3 is 11.1 Å². The number of carbonyl (C=O) groups is 1. The number of hydrogen-bond donors (Lipinski definition) is 2. The fraction of sp³-hybridized carbons (Fsp3) is 0.167. The van der Waals surface area contributed by atoms with E-state index < -0.39 is 29.3 Å². The summed E-state index contributed by atoms with van der Waals surface area (Å²) in [5, 5.41) is 6.21. The molecule has 1 amide bonds. The van der Waals surface area contributed by atoms with Gasteiger partial charge in [0.05, 0.1) is 17.4 Å². The van der Waals surface area contributed by atoms with Crippen LogP contribution in [0.2, 0.25) is 0 Å². The highest BCUT2D eigenvalue weighted by Crippen LogP contribution is 2.30. The summed E-state index contributed by atoms with van der Waals surface area (Å²) in [5.41, 5.74) is 6.31. The summed E-state index contributed by atoms with van der Waals surface area (Å²) in [6, 6.07) is 7.57. The lowest BCUT2D eigenvalue weighted by molar-refractivity contribution is -0.138. The van der Waals surface area contributed by atoms with E-state index in [2.05, 4.69) is 15.4 Å². The number of anilines is 2. The maximum Gasteiger partial charge on any atom is 0.417 e. The van der Waals surface area contributed by atoms with Gasteiger partial charge in [0.1, 0.15) is 11.4 Å². The molecule has 0 aliphatic rings. The third kappa shape index (κ3) is 3.66. The van der Waals surface area contributed by atoms with Crippen LogP contribution < -0.4 is 11.1 Å². The quantitative estimate of drug-likeness (QED) is 0.660. The highest BCUT2D eigenvalue weighted by molar-refractivity contribution is 6.06. The largest absolute Gasteiger partial charge is 0.417 e. The Hall–Kier alpha value is -3.43. The predicted octanol–water partition coefficient (Wildman–Crippen LogP) is 3.82. The molecule has 0 bridgehead atoms. The number of rotatable bonds is 4. The molecule has 0 saturated heterocycles. The van der Waals surface area contributed by atoms with E-state index in [1.165, 1.54) is 10.9 Å². The summed E-state index contributed by atoms with van der Waals surface area (Å²) in [6.45, 7) is 1.95. The lowest BCUT2D eigenvalue weighted by Crippen LogP contribution is -2.17. The first-order valence-corrected chi connectivity index (χ1v) is 8.18. The van der Waals surface area contributed by atoms with Gasteiger partial charge in [-0.3, -0.25) is 4.79 Å². The Morgan fingerprint density at radius 1 is 1.25 bits per heavy atom. The molecule has 0 aliphatic heterocycles. The standard InChI is InChI=1S/C18H15F4N5O/c1-2-10-5-3-4-6-14(10)27-15(23)12(9-25-27)17(28)26-16-13(19)7-11(8-24-16)18(20,21)22/h3-9H,2,23H2,1H3,(H,24,26,28). The van der Waals surface area contributed by atoms with Crippen LogP contribution in [0.4, 0.5) is 29.2 Å². The number of nitrogen functional groups attached to an aromatic ring is 1. The van der Waals surface area contributed by atoms with Gasteiger partial charge in [0.15, 0.2) is 11.6 Å². The number of benzene rings is 1. The molecule has 3 rings (SSSR count). The Morgan fingerprint density at radius 3 is 2.61 bits per heavy atom. The highest BCUT2D eigenvalue weighted by atomic mass is 19.4. The Bertz CT molecular complexity index is 1030. The first-order chi connectivity index (χ1) is 13.2.